The Morgan fingerprint density at radius 1 is 1.07 bits per heavy atom. The molecule has 0 aliphatic rings. The minimum atomic E-state index is -0.562. The van der Waals surface area contributed by atoms with Gasteiger partial charge < -0.3 is 13.9 Å². The van der Waals surface area contributed by atoms with E-state index in [0.717, 1.165) is 16.2 Å². The fraction of sp³-hybridized carbons (Fsp3) is 0.0909. The minimum absolute atomic E-state index is 0.0694. The second-order valence-corrected chi connectivity index (χ2v) is 7.57. The largest absolute Gasteiger partial charge is 0.481 e. The summed E-state index contributed by atoms with van der Waals surface area (Å²) in [5.74, 6) is -0.0865. The van der Waals surface area contributed by atoms with E-state index in [1.54, 1.807) is 24.3 Å². The maximum atomic E-state index is 12.2. The first-order chi connectivity index (χ1) is 14.0. The molecule has 1 aromatic heterocycles. The normalized spacial score (nSPS) is 11.0. The Kier molecular flexibility index (Phi) is 5.56. The molecule has 0 unspecified atom stereocenters. The molecule has 4 rings (SSSR count). The number of halogens is 2. The molecule has 7 heteroatoms. The Balaban J connectivity index is 1.54. The molecule has 0 radical (unpaired) electrons. The van der Waals surface area contributed by atoms with Gasteiger partial charge in [-0.3, -0.25) is 0 Å². The van der Waals surface area contributed by atoms with Crippen LogP contribution >= 0.6 is 27.5 Å². The molecule has 0 atom stereocenters. The molecule has 0 aliphatic heterocycles. The van der Waals surface area contributed by atoms with Crippen molar-refractivity contribution in [3.63, 3.8) is 0 Å². The summed E-state index contributed by atoms with van der Waals surface area (Å²) in [5, 5.41) is 3.21. The minimum Gasteiger partial charge on any atom is -0.481 e. The van der Waals surface area contributed by atoms with E-state index in [1.165, 1.54) is 6.07 Å². The van der Waals surface area contributed by atoms with Crippen LogP contribution in [0.1, 0.15) is 5.56 Å². The quantitative estimate of drug-likeness (QED) is 0.218. The Labute approximate surface area is 178 Å². The summed E-state index contributed by atoms with van der Waals surface area (Å²) in [4.78, 5) is 24.1. The van der Waals surface area contributed by atoms with E-state index in [0.29, 0.717) is 26.4 Å². The first-order valence-electron chi connectivity index (χ1n) is 8.69. The van der Waals surface area contributed by atoms with E-state index < -0.39 is 11.6 Å². The Bertz CT molecular complexity index is 1280. The summed E-state index contributed by atoms with van der Waals surface area (Å²) in [7, 11) is 0. The Morgan fingerprint density at radius 3 is 2.72 bits per heavy atom. The average Bonchev–Trinajstić information content (AvgIpc) is 2.71. The molecule has 0 spiro atoms. The average molecular weight is 474 g/mol. The SMILES string of the molecule is O=C(COc1ccc(Cl)cc1Br)OCc1cc(=O)oc2ccc3ccccc3c12. The number of fused-ring (bicyclic) bond motifs is 3. The van der Waals surface area contributed by atoms with Crippen LogP contribution in [0.2, 0.25) is 5.02 Å². The monoisotopic (exact) mass is 472 g/mol. The number of carbonyl (C=O) groups excluding carboxylic acids is 1. The van der Waals surface area contributed by atoms with E-state index in [4.69, 9.17) is 25.5 Å². The molecule has 146 valence electrons. The second-order valence-electron chi connectivity index (χ2n) is 6.27. The van der Waals surface area contributed by atoms with Crippen molar-refractivity contribution in [2.24, 2.45) is 0 Å². The van der Waals surface area contributed by atoms with Crippen LogP contribution in [0.15, 0.2) is 74.3 Å². The highest BCUT2D eigenvalue weighted by molar-refractivity contribution is 9.10. The van der Waals surface area contributed by atoms with Crippen molar-refractivity contribution < 1.29 is 18.7 Å². The van der Waals surface area contributed by atoms with Crippen molar-refractivity contribution in [1.82, 2.24) is 0 Å². The van der Waals surface area contributed by atoms with Crippen molar-refractivity contribution in [3.05, 3.63) is 86.1 Å². The van der Waals surface area contributed by atoms with E-state index in [1.807, 2.05) is 30.3 Å². The molecule has 29 heavy (non-hydrogen) atoms. The molecule has 0 amide bonds. The van der Waals surface area contributed by atoms with Crippen molar-refractivity contribution in [2.75, 3.05) is 6.61 Å². The third-order valence-corrected chi connectivity index (χ3v) is 5.20. The number of carbonyl (C=O) groups is 1. The third kappa shape index (κ3) is 4.28. The topological polar surface area (TPSA) is 65.7 Å². The summed E-state index contributed by atoms with van der Waals surface area (Å²) in [6.45, 7) is -0.347. The van der Waals surface area contributed by atoms with Crippen LogP contribution in [0.3, 0.4) is 0 Å². The van der Waals surface area contributed by atoms with Crippen LogP contribution in [0.5, 0.6) is 5.75 Å². The van der Waals surface area contributed by atoms with Gasteiger partial charge in [0.05, 0.1) is 4.47 Å². The lowest BCUT2D eigenvalue weighted by molar-refractivity contribution is -0.147. The zero-order valence-electron chi connectivity index (χ0n) is 15.0. The molecule has 5 nitrogen and oxygen atoms in total. The van der Waals surface area contributed by atoms with Crippen molar-refractivity contribution in [3.8, 4) is 5.75 Å². The standard InChI is InChI=1S/C22H14BrClO5/c23-17-10-15(24)6-8-18(17)27-12-21(26)28-11-14-9-20(25)29-19-7-5-13-3-1-2-4-16(13)22(14)19/h1-10H,11-12H2. The molecule has 1 heterocycles. The summed E-state index contributed by atoms with van der Waals surface area (Å²) in [6.07, 6.45) is 0. The maximum absolute atomic E-state index is 12.2. The molecular formula is C22H14BrClO5. The zero-order valence-corrected chi connectivity index (χ0v) is 17.3. The van der Waals surface area contributed by atoms with Crippen molar-refractivity contribution >= 4 is 55.2 Å². The van der Waals surface area contributed by atoms with Crippen molar-refractivity contribution in [2.45, 2.75) is 6.61 Å². The number of benzene rings is 3. The summed E-state index contributed by atoms with van der Waals surface area (Å²) in [5.41, 5.74) is 0.526. The molecule has 0 aliphatic carbocycles. The lowest BCUT2D eigenvalue weighted by Gasteiger charge is -2.11. The van der Waals surface area contributed by atoms with E-state index in [-0.39, 0.29) is 13.2 Å². The molecule has 0 saturated carbocycles. The number of esters is 1. The third-order valence-electron chi connectivity index (χ3n) is 4.34. The zero-order chi connectivity index (χ0) is 20.4. The first kappa shape index (κ1) is 19.5. The predicted molar refractivity (Wildman–Crippen MR) is 114 cm³/mol. The van der Waals surface area contributed by atoms with E-state index in [9.17, 15) is 9.59 Å². The van der Waals surface area contributed by atoms with Crippen LogP contribution in [-0.2, 0) is 16.1 Å². The summed E-state index contributed by atoms with van der Waals surface area (Å²) < 4.78 is 16.7. The van der Waals surface area contributed by atoms with Gasteiger partial charge in [0.2, 0.25) is 0 Å². The van der Waals surface area contributed by atoms with Gasteiger partial charge >= 0.3 is 11.6 Å². The van der Waals surface area contributed by atoms with Gasteiger partial charge in [-0.1, -0.05) is 41.9 Å². The highest BCUT2D eigenvalue weighted by atomic mass is 79.9. The predicted octanol–water partition coefficient (Wildman–Crippen LogP) is 5.48. The molecule has 0 bridgehead atoms. The highest BCUT2D eigenvalue weighted by Crippen LogP contribution is 2.29. The Morgan fingerprint density at radius 2 is 1.90 bits per heavy atom. The summed E-state index contributed by atoms with van der Waals surface area (Å²) in [6, 6.07) is 17.7. The fourth-order valence-corrected chi connectivity index (χ4v) is 3.86. The van der Waals surface area contributed by atoms with Gasteiger partial charge in [0.1, 0.15) is 17.9 Å². The van der Waals surface area contributed by atoms with Crippen LogP contribution in [0.4, 0.5) is 0 Å². The molecule has 0 saturated heterocycles. The summed E-state index contributed by atoms with van der Waals surface area (Å²) >= 11 is 9.21. The van der Waals surface area contributed by atoms with Crippen LogP contribution in [0, 0.1) is 0 Å². The lowest BCUT2D eigenvalue weighted by atomic mass is 10.0. The van der Waals surface area contributed by atoms with Gasteiger partial charge in [-0.25, -0.2) is 9.59 Å². The van der Waals surface area contributed by atoms with Gasteiger partial charge in [0.25, 0.3) is 0 Å². The van der Waals surface area contributed by atoms with Crippen LogP contribution < -0.4 is 10.4 Å². The van der Waals surface area contributed by atoms with Crippen LogP contribution in [-0.4, -0.2) is 12.6 Å². The van der Waals surface area contributed by atoms with E-state index >= 15 is 0 Å². The van der Waals surface area contributed by atoms with E-state index in [2.05, 4.69) is 15.9 Å². The number of hydrogen-bond acceptors (Lipinski definition) is 5. The van der Waals surface area contributed by atoms with Gasteiger partial charge in [-0.2, -0.15) is 0 Å². The molecule has 4 aromatic rings. The second kappa shape index (κ2) is 8.27. The van der Waals surface area contributed by atoms with Crippen LogP contribution in [0.25, 0.3) is 21.7 Å². The highest BCUT2D eigenvalue weighted by Gasteiger charge is 2.13. The molecule has 0 N–H and O–H groups in total. The molecule has 3 aromatic carbocycles. The van der Waals surface area contributed by atoms with Gasteiger partial charge in [0, 0.05) is 22.0 Å². The molecular weight excluding hydrogens is 460 g/mol. The number of hydrogen-bond donors (Lipinski definition) is 0. The lowest BCUT2D eigenvalue weighted by Crippen LogP contribution is -2.15. The van der Waals surface area contributed by atoms with Crippen molar-refractivity contribution in [1.29, 1.82) is 0 Å². The van der Waals surface area contributed by atoms with Gasteiger partial charge in [0.15, 0.2) is 6.61 Å². The Hall–Kier alpha value is -2.83. The fourth-order valence-electron chi connectivity index (χ4n) is 3.06. The number of ether oxygens (including phenoxy) is 2. The molecule has 0 fully saturated rings. The smallest absolute Gasteiger partial charge is 0.344 e. The maximum Gasteiger partial charge on any atom is 0.344 e. The van der Waals surface area contributed by atoms with Gasteiger partial charge in [-0.05, 0) is 51.0 Å². The first-order valence-corrected chi connectivity index (χ1v) is 9.86. The van der Waals surface area contributed by atoms with Gasteiger partial charge in [-0.15, -0.1) is 0 Å². The number of rotatable bonds is 5.